The van der Waals surface area contributed by atoms with E-state index in [0.29, 0.717) is 12.3 Å². The first-order chi connectivity index (χ1) is 8.69. The summed E-state index contributed by atoms with van der Waals surface area (Å²) in [6.07, 6.45) is 0. The zero-order valence-corrected chi connectivity index (χ0v) is 10.6. The number of methoxy groups -OCH3 is 1. The SMILES string of the molecule is COc1ccc(NCc2cccc(O)c2)cc1C. The molecule has 0 spiro atoms. The van der Waals surface area contributed by atoms with Gasteiger partial charge in [-0.15, -0.1) is 0 Å². The molecule has 0 bridgehead atoms. The van der Waals surface area contributed by atoms with Crippen LogP contribution in [-0.4, -0.2) is 12.2 Å². The molecular formula is C15H17NO2. The van der Waals surface area contributed by atoms with Crippen molar-refractivity contribution in [2.75, 3.05) is 12.4 Å². The highest BCUT2D eigenvalue weighted by molar-refractivity contribution is 5.51. The molecule has 0 saturated heterocycles. The van der Waals surface area contributed by atoms with Crippen LogP contribution in [0.4, 0.5) is 5.69 Å². The van der Waals surface area contributed by atoms with Crippen LogP contribution in [0, 0.1) is 6.92 Å². The maximum Gasteiger partial charge on any atom is 0.121 e. The Labute approximate surface area is 107 Å². The highest BCUT2D eigenvalue weighted by Crippen LogP contribution is 2.22. The van der Waals surface area contributed by atoms with Gasteiger partial charge in [-0.3, -0.25) is 0 Å². The van der Waals surface area contributed by atoms with Crippen molar-refractivity contribution in [3.63, 3.8) is 0 Å². The Kier molecular flexibility index (Phi) is 3.72. The maximum absolute atomic E-state index is 9.38. The summed E-state index contributed by atoms with van der Waals surface area (Å²) in [6, 6.07) is 13.2. The number of hydrogen-bond donors (Lipinski definition) is 2. The quantitative estimate of drug-likeness (QED) is 0.865. The van der Waals surface area contributed by atoms with Crippen molar-refractivity contribution in [3.05, 3.63) is 53.6 Å². The Balaban J connectivity index is 2.04. The number of ether oxygens (including phenoxy) is 1. The minimum atomic E-state index is 0.292. The zero-order chi connectivity index (χ0) is 13.0. The smallest absolute Gasteiger partial charge is 0.121 e. The Bertz CT molecular complexity index is 538. The zero-order valence-electron chi connectivity index (χ0n) is 10.6. The van der Waals surface area contributed by atoms with Crippen molar-refractivity contribution >= 4 is 5.69 Å². The first kappa shape index (κ1) is 12.3. The van der Waals surface area contributed by atoms with Crippen LogP contribution in [-0.2, 0) is 6.54 Å². The van der Waals surface area contributed by atoms with Crippen LogP contribution in [0.5, 0.6) is 11.5 Å². The molecule has 0 aliphatic rings. The molecule has 0 radical (unpaired) electrons. The Morgan fingerprint density at radius 1 is 1.17 bits per heavy atom. The first-order valence-corrected chi connectivity index (χ1v) is 5.85. The van der Waals surface area contributed by atoms with E-state index in [9.17, 15) is 5.11 Å². The van der Waals surface area contributed by atoms with E-state index in [0.717, 1.165) is 22.6 Å². The minimum Gasteiger partial charge on any atom is -0.508 e. The third kappa shape index (κ3) is 2.94. The van der Waals surface area contributed by atoms with Crippen molar-refractivity contribution in [3.8, 4) is 11.5 Å². The van der Waals surface area contributed by atoms with E-state index in [1.807, 2.05) is 37.3 Å². The van der Waals surface area contributed by atoms with E-state index in [4.69, 9.17) is 4.74 Å². The van der Waals surface area contributed by atoms with Crippen LogP contribution in [0.2, 0.25) is 0 Å². The summed E-state index contributed by atoms with van der Waals surface area (Å²) in [6.45, 7) is 2.69. The number of aromatic hydroxyl groups is 1. The minimum absolute atomic E-state index is 0.292. The van der Waals surface area contributed by atoms with Crippen molar-refractivity contribution < 1.29 is 9.84 Å². The third-order valence-corrected chi connectivity index (χ3v) is 2.80. The molecule has 0 unspecified atom stereocenters. The summed E-state index contributed by atoms with van der Waals surface area (Å²) in [5.41, 5.74) is 3.18. The van der Waals surface area contributed by atoms with E-state index >= 15 is 0 Å². The van der Waals surface area contributed by atoms with Gasteiger partial charge in [-0.1, -0.05) is 12.1 Å². The van der Waals surface area contributed by atoms with Crippen molar-refractivity contribution in [2.24, 2.45) is 0 Å². The van der Waals surface area contributed by atoms with Gasteiger partial charge in [-0.25, -0.2) is 0 Å². The van der Waals surface area contributed by atoms with Gasteiger partial charge >= 0.3 is 0 Å². The molecule has 0 aliphatic heterocycles. The Morgan fingerprint density at radius 3 is 2.67 bits per heavy atom. The molecular weight excluding hydrogens is 226 g/mol. The van der Waals surface area contributed by atoms with Gasteiger partial charge in [0.1, 0.15) is 11.5 Å². The fourth-order valence-electron chi connectivity index (χ4n) is 1.86. The van der Waals surface area contributed by atoms with Crippen LogP contribution in [0.3, 0.4) is 0 Å². The van der Waals surface area contributed by atoms with Gasteiger partial charge in [-0.2, -0.15) is 0 Å². The van der Waals surface area contributed by atoms with Crippen LogP contribution < -0.4 is 10.1 Å². The number of anilines is 1. The molecule has 0 aromatic heterocycles. The number of hydrogen-bond acceptors (Lipinski definition) is 3. The summed E-state index contributed by atoms with van der Waals surface area (Å²) >= 11 is 0. The normalized spacial score (nSPS) is 10.1. The lowest BCUT2D eigenvalue weighted by molar-refractivity contribution is 0.412. The lowest BCUT2D eigenvalue weighted by Crippen LogP contribution is -1.99. The second-order valence-corrected chi connectivity index (χ2v) is 4.21. The number of nitrogens with one attached hydrogen (secondary N) is 1. The summed E-state index contributed by atoms with van der Waals surface area (Å²) in [5.74, 6) is 1.18. The number of aryl methyl sites for hydroxylation is 1. The average molecular weight is 243 g/mol. The van der Waals surface area contributed by atoms with Crippen molar-refractivity contribution in [2.45, 2.75) is 13.5 Å². The van der Waals surface area contributed by atoms with Gasteiger partial charge in [0.15, 0.2) is 0 Å². The van der Waals surface area contributed by atoms with E-state index in [2.05, 4.69) is 5.32 Å². The molecule has 0 saturated carbocycles. The summed E-state index contributed by atoms with van der Waals surface area (Å²) in [4.78, 5) is 0. The fourth-order valence-corrected chi connectivity index (χ4v) is 1.86. The average Bonchev–Trinajstić information content (AvgIpc) is 2.37. The molecule has 2 rings (SSSR count). The van der Waals surface area contributed by atoms with Gasteiger partial charge in [-0.05, 0) is 48.4 Å². The second kappa shape index (κ2) is 5.45. The largest absolute Gasteiger partial charge is 0.508 e. The van der Waals surface area contributed by atoms with Crippen LogP contribution >= 0.6 is 0 Å². The molecule has 0 heterocycles. The Hall–Kier alpha value is -2.16. The predicted octanol–water partition coefficient (Wildman–Crippen LogP) is 3.32. The highest BCUT2D eigenvalue weighted by Gasteiger charge is 2.00. The number of phenols is 1. The number of benzene rings is 2. The molecule has 94 valence electrons. The van der Waals surface area contributed by atoms with Crippen LogP contribution in [0.1, 0.15) is 11.1 Å². The lowest BCUT2D eigenvalue weighted by atomic mass is 10.2. The molecule has 2 aromatic rings. The Morgan fingerprint density at radius 2 is 2.00 bits per heavy atom. The topological polar surface area (TPSA) is 41.5 Å². The highest BCUT2D eigenvalue weighted by atomic mass is 16.5. The van der Waals surface area contributed by atoms with E-state index in [1.54, 1.807) is 19.2 Å². The monoisotopic (exact) mass is 243 g/mol. The van der Waals surface area contributed by atoms with Crippen LogP contribution in [0.25, 0.3) is 0 Å². The molecule has 18 heavy (non-hydrogen) atoms. The molecule has 0 aliphatic carbocycles. The van der Waals surface area contributed by atoms with Crippen molar-refractivity contribution in [1.29, 1.82) is 0 Å². The molecule has 0 fully saturated rings. The number of phenolic OH excluding ortho intramolecular Hbond substituents is 1. The first-order valence-electron chi connectivity index (χ1n) is 5.85. The number of rotatable bonds is 4. The van der Waals surface area contributed by atoms with Gasteiger partial charge in [0.25, 0.3) is 0 Å². The molecule has 2 N–H and O–H groups in total. The summed E-state index contributed by atoms with van der Waals surface area (Å²) < 4.78 is 5.22. The van der Waals surface area contributed by atoms with E-state index in [1.165, 1.54) is 0 Å². The van der Waals surface area contributed by atoms with Gasteiger partial charge < -0.3 is 15.2 Å². The summed E-state index contributed by atoms with van der Waals surface area (Å²) in [7, 11) is 1.67. The lowest BCUT2D eigenvalue weighted by Gasteiger charge is -2.10. The van der Waals surface area contributed by atoms with Crippen molar-refractivity contribution in [1.82, 2.24) is 0 Å². The standard InChI is InChI=1S/C15H17NO2/c1-11-8-13(6-7-15(11)18-2)16-10-12-4-3-5-14(17)9-12/h3-9,16-17H,10H2,1-2H3. The summed E-state index contributed by atoms with van der Waals surface area (Å²) in [5, 5.41) is 12.7. The fraction of sp³-hybridized carbons (Fsp3) is 0.200. The predicted molar refractivity (Wildman–Crippen MR) is 73.2 cm³/mol. The molecule has 0 atom stereocenters. The maximum atomic E-state index is 9.38. The van der Waals surface area contributed by atoms with E-state index in [-0.39, 0.29) is 0 Å². The van der Waals surface area contributed by atoms with Crippen LogP contribution in [0.15, 0.2) is 42.5 Å². The molecule has 0 amide bonds. The van der Waals surface area contributed by atoms with Gasteiger partial charge in [0.05, 0.1) is 7.11 Å². The molecule has 3 heteroatoms. The van der Waals surface area contributed by atoms with Gasteiger partial charge in [0, 0.05) is 12.2 Å². The third-order valence-electron chi connectivity index (χ3n) is 2.80. The molecule has 2 aromatic carbocycles. The molecule has 3 nitrogen and oxygen atoms in total. The second-order valence-electron chi connectivity index (χ2n) is 4.21. The van der Waals surface area contributed by atoms with E-state index < -0.39 is 0 Å². The van der Waals surface area contributed by atoms with Gasteiger partial charge in [0.2, 0.25) is 0 Å².